The topological polar surface area (TPSA) is 45.2 Å². The highest BCUT2D eigenvalue weighted by Crippen LogP contribution is 2.37. The summed E-state index contributed by atoms with van der Waals surface area (Å²) in [7, 11) is 0. The number of hydrogen-bond acceptors (Lipinski definition) is 5. The van der Waals surface area contributed by atoms with Crippen LogP contribution in [0.2, 0.25) is 0 Å². The molecule has 0 saturated carbocycles. The number of pyridine rings is 1. The van der Waals surface area contributed by atoms with Crippen molar-refractivity contribution in [3.05, 3.63) is 59.2 Å². The van der Waals surface area contributed by atoms with E-state index in [0.717, 1.165) is 32.8 Å². The van der Waals surface area contributed by atoms with Gasteiger partial charge in [0.2, 0.25) is 0 Å². The van der Waals surface area contributed by atoms with Crippen LogP contribution in [0.5, 0.6) is 0 Å². The van der Waals surface area contributed by atoms with E-state index in [1.165, 1.54) is 0 Å². The largest absolute Gasteiger partial charge is 0.461 e. The van der Waals surface area contributed by atoms with Crippen LogP contribution in [0.15, 0.2) is 48.0 Å². The Morgan fingerprint density at radius 2 is 1.86 bits per heavy atom. The number of nitrogens with zero attached hydrogens (tertiary/aromatic N) is 1. The van der Waals surface area contributed by atoms with Crippen LogP contribution < -0.4 is 4.72 Å². The van der Waals surface area contributed by atoms with E-state index in [0.29, 0.717) is 5.69 Å². The first-order valence-electron chi connectivity index (χ1n) is 8.87. The lowest BCUT2D eigenvalue weighted by molar-refractivity contribution is -0.0323. The number of alkyl halides is 3. The van der Waals surface area contributed by atoms with Gasteiger partial charge in [-0.05, 0) is 64.9 Å². The van der Waals surface area contributed by atoms with Crippen molar-refractivity contribution in [2.45, 2.75) is 31.7 Å². The molecule has 0 unspecified atom stereocenters. The standard InChI is InChI=1S/C21H21F3N2OS2/c1-13-8-16(26-29-21(22,23)24)4-5-17(13)18-9-15(11-28-18)14-6-7-25-19(10-14)20(2,3)12-27/h4-11,26-27H,12H2,1-3H3. The molecule has 0 aliphatic rings. The summed E-state index contributed by atoms with van der Waals surface area (Å²) in [5, 5.41) is 11.6. The summed E-state index contributed by atoms with van der Waals surface area (Å²) < 4.78 is 39.4. The summed E-state index contributed by atoms with van der Waals surface area (Å²) in [5.74, 6) is 0. The quantitative estimate of drug-likeness (QED) is 0.424. The molecule has 1 aromatic carbocycles. The van der Waals surface area contributed by atoms with Crippen LogP contribution in [0.4, 0.5) is 18.9 Å². The Bertz CT molecular complexity index is 1000. The van der Waals surface area contributed by atoms with Crippen LogP contribution in [-0.2, 0) is 5.41 Å². The highest BCUT2D eigenvalue weighted by Gasteiger charge is 2.29. The molecule has 2 aromatic heterocycles. The summed E-state index contributed by atoms with van der Waals surface area (Å²) in [6, 6.07) is 11.2. The molecule has 0 bridgehead atoms. The molecule has 2 heterocycles. The first kappa shape index (κ1) is 21.7. The lowest BCUT2D eigenvalue weighted by Crippen LogP contribution is -2.23. The molecule has 0 atom stereocenters. The molecule has 29 heavy (non-hydrogen) atoms. The number of rotatable bonds is 6. The van der Waals surface area contributed by atoms with Crippen molar-refractivity contribution >= 4 is 29.0 Å². The summed E-state index contributed by atoms with van der Waals surface area (Å²) in [4.78, 5) is 5.42. The fraction of sp³-hybridized carbons (Fsp3) is 0.286. The average Bonchev–Trinajstić information content (AvgIpc) is 3.16. The Kier molecular flexibility index (Phi) is 6.26. The van der Waals surface area contributed by atoms with Crippen LogP contribution >= 0.6 is 23.3 Å². The monoisotopic (exact) mass is 438 g/mol. The average molecular weight is 439 g/mol. The number of benzene rings is 1. The summed E-state index contributed by atoms with van der Waals surface area (Å²) >= 11 is 1.31. The molecule has 3 nitrogen and oxygen atoms in total. The zero-order chi connectivity index (χ0) is 21.2. The van der Waals surface area contributed by atoms with Gasteiger partial charge in [0, 0.05) is 27.9 Å². The second-order valence-electron chi connectivity index (χ2n) is 7.35. The first-order chi connectivity index (χ1) is 13.6. The Labute approximate surface area is 176 Å². The molecule has 3 rings (SSSR count). The predicted octanol–water partition coefficient (Wildman–Crippen LogP) is 6.64. The molecule has 0 fully saturated rings. The van der Waals surface area contributed by atoms with Gasteiger partial charge in [0.05, 0.1) is 18.6 Å². The third-order valence-corrected chi connectivity index (χ3v) is 6.09. The minimum absolute atomic E-state index is 0.00451. The molecule has 3 aromatic rings. The molecule has 0 aliphatic carbocycles. The van der Waals surface area contributed by atoms with Crippen molar-refractivity contribution in [3.8, 4) is 21.6 Å². The second kappa shape index (κ2) is 8.38. The maximum Gasteiger partial charge on any atom is 0.461 e. The lowest BCUT2D eigenvalue weighted by Gasteiger charge is -2.21. The minimum atomic E-state index is -4.33. The van der Waals surface area contributed by atoms with E-state index in [9.17, 15) is 18.3 Å². The lowest BCUT2D eigenvalue weighted by atomic mass is 9.88. The normalized spacial score (nSPS) is 12.2. The minimum Gasteiger partial charge on any atom is -0.395 e. The second-order valence-corrected chi connectivity index (χ2v) is 9.13. The van der Waals surface area contributed by atoms with Crippen LogP contribution in [0.3, 0.4) is 0 Å². The molecule has 2 N–H and O–H groups in total. The van der Waals surface area contributed by atoms with E-state index in [1.807, 2.05) is 44.4 Å². The maximum absolute atomic E-state index is 12.4. The van der Waals surface area contributed by atoms with E-state index in [-0.39, 0.29) is 18.6 Å². The maximum atomic E-state index is 12.4. The Morgan fingerprint density at radius 1 is 1.10 bits per heavy atom. The number of aliphatic hydroxyl groups excluding tert-OH is 1. The van der Waals surface area contributed by atoms with Gasteiger partial charge in [-0.3, -0.25) is 4.98 Å². The van der Waals surface area contributed by atoms with Crippen LogP contribution in [0.25, 0.3) is 21.6 Å². The number of aryl methyl sites for hydroxylation is 1. The van der Waals surface area contributed by atoms with E-state index in [4.69, 9.17) is 0 Å². The van der Waals surface area contributed by atoms with Gasteiger partial charge < -0.3 is 9.83 Å². The SMILES string of the molecule is Cc1cc(NSC(F)(F)F)ccc1-c1cc(-c2ccnc(C(C)(C)CO)c2)cs1. The van der Waals surface area contributed by atoms with Gasteiger partial charge in [0.25, 0.3) is 0 Å². The van der Waals surface area contributed by atoms with Crippen molar-refractivity contribution in [3.63, 3.8) is 0 Å². The fourth-order valence-electron chi connectivity index (χ4n) is 2.81. The van der Waals surface area contributed by atoms with Gasteiger partial charge in [0.1, 0.15) is 0 Å². The number of thiophene rings is 1. The van der Waals surface area contributed by atoms with Crippen molar-refractivity contribution in [2.75, 3.05) is 11.3 Å². The number of aliphatic hydroxyl groups is 1. The summed E-state index contributed by atoms with van der Waals surface area (Å²) in [5.41, 5.74) is 0.394. The molecule has 8 heteroatoms. The van der Waals surface area contributed by atoms with Crippen molar-refractivity contribution < 1.29 is 18.3 Å². The van der Waals surface area contributed by atoms with Gasteiger partial charge in [-0.25, -0.2) is 0 Å². The zero-order valence-electron chi connectivity index (χ0n) is 16.2. The first-order valence-corrected chi connectivity index (χ1v) is 10.6. The van der Waals surface area contributed by atoms with Crippen molar-refractivity contribution in [1.82, 2.24) is 4.98 Å². The molecule has 0 amide bonds. The molecule has 0 saturated heterocycles. The Hall–Kier alpha value is -2.03. The highest BCUT2D eigenvalue weighted by atomic mass is 32.2. The predicted molar refractivity (Wildman–Crippen MR) is 115 cm³/mol. The van der Waals surface area contributed by atoms with Crippen molar-refractivity contribution in [2.24, 2.45) is 0 Å². The van der Waals surface area contributed by atoms with Gasteiger partial charge in [-0.2, -0.15) is 13.2 Å². The molecule has 0 radical (unpaired) electrons. The summed E-state index contributed by atoms with van der Waals surface area (Å²) in [6.07, 6.45) is 1.74. The molecule has 154 valence electrons. The number of aromatic nitrogens is 1. The van der Waals surface area contributed by atoms with Crippen molar-refractivity contribution in [1.29, 1.82) is 0 Å². The molecule has 0 aliphatic heterocycles. The molecular weight excluding hydrogens is 417 g/mol. The van der Waals surface area contributed by atoms with Gasteiger partial charge in [-0.1, -0.05) is 19.9 Å². The number of hydrogen-bond donors (Lipinski definition) is 2. The van der Waals surface area contributed by atoms with E-state index < -0.39 is 10.9 Å². The number of nitrogens with one attached hydrogen (secondary N) is 1. The summed E-state index contributed by atoms with van der Waals surface area (Å²) in [6.45, 7) is 5.76. The Morgan fingerprint density at radius 3 is 2.52 bits per heavy atom. The molecule has 0 spiro atoms. The van der Waals surface area contributed by atoms with Gasteiger partial charge >= 0.3 is 5.51 Å². The molecular formula is C21H21F3N2OS2. The highest BCUT2D eigenvalue weighted by molar-refractivity contribution is 8.01. The van der Waals surface area contributed by atoms with Crippen LogP contribution in [-0.4, -0.2) is 22.2 Å². The van der Waals surface area contributed by atoms with Crippen LogP contribution in [0, 0.1) is 6.92 Å². The van der Waals surface area contributed by atoms with Crippen LogP contribution in [0.1, 0.15) is 25.1 Å². The number of halogens is 3. The zero-order valence-corrected chi connectivity index (χ0v) is 17.8. The number of anilines is 1. The fourth-order valence-corrected chi connectivity index (χ4v) is 4.18. The van der Waals surface area contributed by atoms with E-state index in [1.54, 1.807) is 29.7 Å². The van der Waals surface area contributed by atoms with Gasteiger partial charge in [0.15, 0.2) is 0 Å². The third-order valence-electron chi connectivity index (χ3n) is 4.56. The Balaban J connectivity index is 1.84. The smallest absolute Gasteiger partial charge is 0.395 e. The van der Waals surface area contributed by atoms with E-state index >= 15 is 0 Å². The van der Waals surface area contributed by atoms with E-state index in [2.05, 4.69) is 15.8 Å². The third kappa shape index (κ3) is 5.32. The van der Waals surface area contributed by atoms with Gasteiger partial charge in [-0.15, -0.1) is 11.3 Å².